The van der Waals surface area contributed by atoms with Gasteiger partial charge in [0.15, 0.2) is 5.16 Å². The number of thioether (sulfide) groups is 2. The number of tetrazole rings is 1. The van der Waals surface area contributed by atoms with Crippen LogP contribution in [0.1, 0.15) is 12.0 Å². The van der Waals surface area contributed by atoms with Crippen LogP contribution in [-0.4, -0.2) is 41.3 Å². The molecule has 0 radical (unpaired) electrons. The van der Waals surface area contributed by atoms with E-state index in [0.29, 0.717) is 38.4 Å². The van der Waals surface area contributed by atoms with Crippen LogP contribution in [0.15, 0.2) is 92.4 Å². The van der Waals surface area contributed by atoms with Gasteiger partial charge in [-0.2, -0.15) is 17.9 Å². The van der Waals surface area contributed by atoms with Gasteiger partial charge in [0.05, 0.1) is 27.8 Å². The Morgan fingerprint density at radius 2 is 1.50 bits per heavy atom. The van der Waals surface area contributed by atoms with Gasteiger partial charge in [-0.15, -0.1) is 5.10 Å². The Hall–Kier alpha value is -3.16. The third-order valence-corrected chi connectivity index (χ3v) is 8.02. The van der Waals surface area contributed by atoms with Crippen LogP contribution in [0.3, 0.4) is 0 Å². The summed E-state index contributed by atoms with van der Waals surface area (Å²) in [5, 5.41) is 13.4. The van der Waals surface area contributed by atoms with Gasteiger partial charge in [-0.25, -0.2) is 4.98 Å². The Morgan fingerprint density at radius 1 is 0.842 bits per heavy atom. The zero-order chi connectivity index (χ0) is 26.7. The lowest BCUT2D eigenvalue weighted by atomic mass is 10.2. The van der Waals surface area contributed by atoms with E-state index in [4.69, 9.17) is 0 Å². The fourth-order valence-corrected chi connectivity index (χ4v) is 5.86. The number of benzene rings is 3. The normalized spacial score (nSPS) is 11.8. The number of halogens is 4. The molecule has 0 fully saturated rings. The first kappa shape index (κ1) is 26.4. The summed E-state index contributed by atoms with van der Waals surface area (Å²) in [4.78, 5) is 18.0. The predicted octanol–water partition coefficient (Wildman–Crippen LogP) is 6.42. The number of fused-ring (bicyclic) bond motifs is 1. The van der Waals surface area contributed by atoms with Crippen molar-refractivity contribution in [3.05, 3.63) is 93.2 Å². The van der Waals surface area contributed by atoms with E-state index >= 15 is 0 Å². The van der Waals surface area contributed by atoms with Gasteiger partial charge in [0.25, 0.3) is 5.56 Å². The molecule has 0 aliphatic carbocycles. The summed E-state index contributed by atoms with van der Waals surface area (Å²) in [6.45, 7) is 0. The number of aromatic nitrogens is 6. The maximum absolute atomic E-state index is 13.3. The molecule has 38 heavy (non-hydrogen) atoms. The molecule has 5 aromatic rings. The smallest absolute Gasteiger partial charge is 0.268 e. The van der Waals surface area contributed by atoms with Gasteiger partial charge in [0, 0.05) is 16.0 Å². The van der Waals surface area contributed by atoms with E-state index in [1.807, 2.05) is 24.3 Å². The number of rotatable bonds is 8. The first-order chi connectivity index (χ1) is 18.3. The van der Waals surface area contributed by atoms with Crippen molar-refractivity contribution >= 4 is 50.4 Å². The first-order valence-corrected chi connectivity index (χ1v) is 14.1. The Bertz CT molecular complexity index is 1620. The molecule has 0 aliphatic rings. The van der Waals surface area contributed by atoms with Crippen molar-refractivity contribution < 1.29 is 13.2 Å². The van der Waals surface area contributed by atoms with Crippen LogP contribution >= 0.6 is 39.5 Å². The summed E-state index contributed by atoms with van der Waals surface area (Å²) in [6, 6.07) is 19.1. The van der Waals surface area contributed by atoms with Crippen LogP contribution in [0.5, 0.6) is 0 Å². The third kappa shape index (κ3) is 5.79. The summed E-state index contributed by atoms with van der Waals surface area (Å²) in [5.74, 6) is 1.33. The molecule has 0 bridgehead atoms. The molecule has 5 rings (SSSR count). The van der Waals surface area contributed by atoms with Crippen molar-refractivity contribution in [3.8, 4) is 11.4 Å². The molecule has 0 saturated heterocycles. The van der Waals surface area contributed by atoms with Gasteiger partial charge in [0.1, 0.15) is 0 Å². The fraction of sp³-hybridized carbons (Fsp3) is 0.160. The van der Waals surface area contributed by atoms with Gasteiger partial charge in [-0.1, -0.05) is 51.6 Å². The monoisotopic (exact) mass is 618 g/mol. The second-order valence-corrected chi connectivity index (χ2v) is 11.0. The molecule has 194 valence electrons. The number of hydrogen-bond acceptors (Lipinski definition) is 7. The number of hydrogen-bond donors (Lipinski definition) is 0. The van der Waals surface area contributed by atoms with Gasteiger partial charge in [-0.05, 0) is 77.5 Å². The highest BCUT2D eigenvalue weighted by Gasteiger charge is 2.30. The molecule has 0 aliphatic heterocycles. The SMILES string of the molecule is O=c1c2ccccc2nc(SCCCSc2nnnn2-c2ccc(Br)cc2)n1-c1ccc(C(F)(F)F)cc1. The molecular weight excluding hydrogens is 601 g/mol. The molecule has 0 N–H and O–H groups in total. The maximum atomic E-state index is 13.3. The molecule has 0 spiro atoms. The van der Waals surface area contributed by atoms with Gasteiger partial charge >= 0.3 is 6.18 Å². The minimum atomic E-state index is -4.46. The van der Waals surface area contributed by atoms with Crippen molar-refractivity contribution in [3.63, 3.8) is 0 Å². The maximum Gasteiger partial charge on any atom is 0.416 e. The minimum Gasteiger partial charge on any atom is -0.268 e. The average molecular weight is 619 g/mol. The Balaban J connectivity index is 1.32. The first-order valence-electron chi connectivity index (χ1n) is 11.3. The predicted molar refractivity (Wildman–Crippen MR) is 145 cm³/mol. The van der Waals surface area contributed by atoms with Crippen molar-refractivity contribution in [1.29, 1.82) is 0 Å². The molecule has 2 aromatic heterocycles. The highest BCUT2D eigenvalue weighted by Crippen LogP contribution is 2.30. The van der Waals surface area contributed by atoms with Gasteiger partial charge < -0.3 is 0 Å². The molecule has 3 aromatic carbocycles. The standard InChI is InChI=1S/C25H18BrF3N6OS2/c26-17-8-12-19(13-9-17)35-24(31-32-33-35)38-15-3-14-37-23-30-21-5-2-1-4-20(21)22(36)34(23)18-10-6-16(7-11-18)25(27,28)29/h1-2,4-13H,3,14-15H2. The molecule has 0 atom stereocenters. The molecule has 7 nitrogen and oxygen atoms in total. The Kier molecular flexibility index (Phi) is 7.86. The number of nitrogens with zero attached hydrogens (tertiary/aromatic N) is 6. The number of alkyl halides is 3. The largest absolute Gasteiger partial charge is 0.416 e. The lowest BCUT2D eigenvalue weighted by Crippen LogP contribution is -2.22. The summed E-state index contributed by atoms with van der Waals surface area (Å²) >= 11 is 6.29. The van der Waals surface area contributed by atoms with E-state index in [1.54, 1.807) is 28.9 Å². The van der Waals surface area contributed by atoms with Crippen LogP contribution < -0.4 is 5.56 Å². The van der Waals surface area contributed by atoms with Crippen LogP contribution in [0, 0.1) is 0 Å². The second kappa shape index (κ2) is 11.3. The van der Waals surface area contributed by atoms with E-state index in [-0.39, 0.29) is 5.56 Å². The molecule has 0 unspecified atom stereocenters. The van der Waals surface area contributed by atoms with Gasteiger partial charge in [-0.3, -0.25) is 9.36 Å². The van der Waals surface area contributed by atoms with Crippen molar-refractivity contribution in [2.24, 2.45) is 0 Å². The zero-order valence-electron chi connectivity index (χ0n) is 19.5. The molecule has 13 heteroatoms. The molecule has 0 saturated carbocycles. The van der Waals surface area contributed by atoms with Gasteiger partial charge in [0.2, 0.25) is 5.16 Å². The zero-order valence-corrected chi connectivity index (χ0v) is 22.7. The minimum absolute atomic E-state index is 0.326. The second-order valence-electron chi connectivity index (χ2n) is 8.00. The van der Waals surface area contributed by atoms with Crippen LogP contribution in [-0.2, 0) is 6.18 Å². The average Bonchev–Trinajstić information content (AvgIpc) is 3.37. The van der Waals surface area contributed by atoms with Crippen LogP contribution in [0.25, 0.3) is 22.3 Å². The van der Waals surface area contributed by atoms with Crippen molar-refractivity contribution in [1.82, 2.24) is 29.8 Å². The van der Waals surface area contributed by atoms with E-state index in [2.05, 4.69) is 36.4 Å². The molecule has 2 heterocycles. The third-order valence-electron chi connectivity index (χ3n) is 5.46. The summed E-state index contributed by atoms with van der Waals surface area (Å²) in [7, 11) is 0. The van der Waals surface area contributed by atoms with E-state index in [1.165, 1.54) is 40.2 Å². The van der Waals surface area contributed by atoms with Crippen molar-refractivity contribution in [2.45, 2.75) is 22.9 Å². The Labute approximate surface area is 231 Å². The summed E-state index contributed by atoms with van der Waals surface area (Å²) in [6.07, 6.45) is -3.71. The number of para-hydroxylation sites is 1. The van der Waals surface area contributed by atoms with E-state index in [0.717, 1.165) is 28.7 Å². The lowest BCUT2D eigenvalue weighted by molar-refractivity contribution is -0.137. The fourth-order valence-electron chi connectivity index (χ4n) is 3.64. The van der Waals surface area contributed by atoms with E-state index < -0.39 is 11.7 Å². The topological polar surface area (TPSA) is 78.5 Å². The summed E-state index contributed by atoms with van der Waals surface area (Å²) < 4.78 is 43.2. The summed E-state index contributed by atoms with van der Waals surface area (Å²) in [5.41, 5.74) is 0.592. The van der Waals surface area contributed by atoms with E-state index in [9.17, 15) is 18.0 Å². The lowest BCUT2D eigenvalue weighted by Gasteiger charge is -2.14. The highest BCUT2D eigenvalue weighted by atomic mass is 79.9. The Morgan fingerprint density at radius 3 is 2.21 bits per heavy atom. The molecular formula is C25H18BrF3N6OS2. The molecule has 0 amide bonds. The quantitative estimate of drug-likeness (QED) is 0.113. The van der Waals surface area contributed by atoms with Crippen LogP contribution in [0.4, 0.5) is 13.2 Å². The van der Waals surface area contributed by atoms with Crippen LogP contribution in [0.2, 0.25) is 0 Å². The van der Waals surface area contributed by atoms with Crippen molar-refractivity contribution in [2.75, 3.05) is 11.5 Å². The highest BCUT2D eigenvalue weighted by molar-refractivity contribution is 9.10.